The Balaban J connectivity index is 1.52. The van der Waals surface area contributed by atoms with Gasteiger partial charge >= 0.3 is 6.36 Å². The van der Waals surface area contributed by atoms with Gasteiger partial charge in [0.2, 0.25) is 5.91 Å². The molecule has 0 aliphatic carbocycles. The number of halogens is 4. The van der Waals surface area contributed by atoms with Gasteiger partial charge in [0.15, 0.2) is 0 Å². The molecule has 0 saturated carbocycles. The summed E-state index contributed by atoms with van der Waals surface area (Å²) in [6.07, 6.45) is -4.08. The number of nitrogens with zero attached hydrogens (tertiary/aromatic N) is 1. The van der Waals surface area contributed by atoms with Crippen LogP contribution in [-0.2, 0) is 17.9 Å². The van der Waals surface area contributed by atoms with Crippen molar-refractivity contribution in [3.05, 3.63) is 88.6 Å². The van der Waals surface area contributed by atoms with Gasteiger partial charge in [0.25, 0.3) is 11.8 Å². The number of ether oxygens (including phenoxy) is 1. The van der Waals surface area contributed by atoms with Gasteiger partial charge in [0.1, 0.15) is 11.4 Å². The van der Waals surface area contributed by atoms with Crippen LogP contribution >= 0.6 is 11.6 Å². The van der Waals surface area contributed by atoms with Crippen LogP contribution in [0.25, 0.3) is 10.9 Å². The van der Waals surface area contributed by atoms with Crippen molar-refractivity contribution in [2.24, 2.45) is 5.92 Å². The number of hydrogen-bond donors (Lipinski definition) is 3. The molecule has 4 aromatic rings. The minimum Gasteiger partial charge on any atom is -0.406 e. The molecule has 3 N–H and O–H groups in total. The van der Waals surface area contributed by atoms with Gasteiger partial charge in [-0.05, 0) is 72.6 Å². The highest BCUT2D eigenvalue weighted by Gasteiger charge is 2.31. The molecule has 0 bridgehead atoms. The maximum Gasteiger partial charge on any atom is 0.573 e. The van der Waals surface area contributed by atoms with Crippen LogP contribution in [0.5, 0.6) is 5.75 Å². The lowest BCUT2D eigenvalue weighted by Crippen LogP contribution is -2.27. The standard InChI is InChI=1S/C31H30ClF3N4O4/c1-4-13-39-26-12-8-22(38-29(41)24-14-19(5-11-25(24)32)17-36-28(40)18(2)3)15-20(26)16-27(39)30(42)37-21-6-9-23(10-7-21)43-31(33,34)35/h5-12,14-16,18H,4,13,17H2,1-3H3,(H,36,40)(H,37,42)(H,38,41). The van der Waals surface area contributed by atoms with Gasteiger partial charge in [-0.3, -0.25) is 14.4 Å². The van der Waals surface area contributed by atoms with Gasteiger partial charge in [0.05, 0.1) is 10.6 Å². The summed E-state index contributed by atoms with van der Waals surface area (Å²) in [5.41, 5.74) is 2.84. The predicted molar refractivity (Wildman–Crippen MR) is 159 cm³/mol. The topological polar surface area (TPSA) is 101 Å². The van der Waals surface area contributed by atoms with Gasteiger partial charge in [-0.25, -0.2) is 0 Å². The first kappa shape index (κ1) is 31.4. The molecule has 0 radical (unpaired) electrons. The maximum absolute atomic E-state index is 13.2. The van der Waals surface area contributed by atoms with Crippen molar-refractivity contribution in [1.82, 2.24) is 9.88 Å². The number of nitrogens with one attached hydrogen (secondary N) is 3. The summed E-state index contributed by atoms with van der Waals surface area (Å²) in [5.74, 6) is -1.56. The van der Waals surface area contributed by atoms with Crippen molar-refractivity contribution in [3.8, 4) is 5.75 Å². The highest BCUT2D eigenvalue weighted by molar-refractivity contribution is 6.34. The molecule has 0 unspecified atom stereocenters. The number of carbonyl (C=O) groups excluding carboxylic acids is 3. The van der Waals surface area contributed by atoms with Crippen molar-refractivity contribution >= 4 is 51.6 Å². The minimum atomic E-state index is -4.81. The van der Waals surface area contributed by atoms with Crippen molar-refractivity contribution in [3.63, 3.8) is 0 Å². The molecule has 1 aromatic heterocycles. The van der Waals surface area contributed by atoms with E-state index in [1.54, 1.807) is 56.3 Å². The van der Waals surface area contributed by atoms with E-state index in [0.717, 1.165) is 24.1 Å². The number of anilines is 2. The zero-order chi connectivity index (χ0) is 31.3. The third-order valence-electron chi connectivity index (χ3n) is 6.45. The molecular formula is C31H30ClF3N4O4. The van der Waals surface area contributed by atoms with Gasteiger partial charge in [-0.2, -0.15) is 0 Å². The van der Waals surface area contributed by atoms with E-state index in [1.165, 1.54) is 12.1 Å². The predicted octanol–water partition coefficient (Wildman–Crippen LogP) is 7.38. The highest BCUT2D eigenvalue weighted by Crippen LogP contribution is 2.28. The second-order valence-electron chi connectivity index (χ2n) is 10.1. The second-order valence-corrected chi connectivity index (χ2v) is 10.5. The summed E-state index contributed by atoms with van der Waals surface area (Å²) < 4.78 is 43.1. The Morgan fingerprint density at radius 2 is 1.58 bits per heavy atom. The molecule has 12 heteroatoms. The molecule has 0 fully saturated rings. The fourth-order valence-corrected chi connectivity index (χ4v) is 4.59. The summed E-state index contributed by atoms with van der Waals surface area (Å²) in [6.45, 7) is 6.33. The maximum atomic E-state index is 13.2. The van der Waals surface area contributed by atoms with Crippen LogP contribution in [0.2, 0.25) is 5.02 Å². The van der Waals surface area contributed by atoms with E-state index >= 15 is 0 Å². The molecule has 0 spiro atoms. The van der Waals surface area contributed by atoms with Gasteiger partial charge in [-0.1, -0.05) is 38.4 Å². The largest absolute Gasteiger partial charge is 0.573 e. The molecule has 1 heterocycles. The van der Waals surface area contributed by atoms with Crippen molar-refractivity contribution < 1.29 is 32.3 Å². The molecule has 3 aromatic carbocycles. The zero-order valence-electron chi connectivity index (χ0n) is 23.6. The molecule has 226 valence electrons. The lowest BCUT2D eigenvalue weighted by molar-refractivity contribution is -0.274. The van der Waals surface area contributed by atoms with Crippen LogP contribution in [0.3, 0.4) is 0 Å². The monoisotopic (exact) mass is 614 g/mol. The Hall–Kier alpha value is -4.51. The van der Waals surface area contributed by atoms with Gasteiger partial charge in [0, 0.05) is 41.3 Å². The number of amides is 3. The third kappa shape index (κ3) is 8.07. The highest BCUT2D eigenvalue weighted by atomic mass is 35.5. The van der Waals surface area contributed by atoms with Crippen molar-refractivity contribution in [1.29, 1.82) is 0 Å². The number of aromatic nitrogens is 1. The molecule has 0 aliphatic rings. The molecule has 0 saturated heterocycles. The van der Waals surface area contributed by atoms with Crippen LogP contribution in [0.15, 0.2) is 66.7 Å². The fraction of sp³-hybridized carbons (Fsp3) is 0.258. The quantitative estimate of drug-likeness (QED) is 0.173. The van der Waals surface area contributed by atoms with E-state index in [4.69, 9.17) is 11.6 Å². The van der Waals surface area contributed by atoms with E-state index in [2.05, 4.69) is 20.7 Å². The third-order valence-corrected chi connectivity index (χ3v) is 6.78. The molecule has 8 nitrogen and oxygen atoms in total. The Labute approximate surface area is 251 Å². The molecule has 0 atom stereocenters. The first-order chi connectivity index (χ1) is 20.3. The van der Waals surface area contributed by atoms with Crippen molar-refractivity contribution in [2.75, 3.05) is 10.6 Å². The average molecular weight is 615 g/mol. The second kappa shape index (κ2) is 13.2. The summed E-state index contributed by atoms with van der Waals surface area (Å²) in [4.78, 5) is 38.2. The first-order valence-electron chi connectivity index (χ1n) is 13.5. The molecule has 43 heavy (non-hydrogen) atoms. The van der Waals surface area contributed by atoms with E-state index in [9.17, 15) is 27.6 Å². The summed E-state index contributed by atoms with van der Waals surface area (Å²) >= 11 is 6.31. The number of hydrogen-bond acceptors (Lipinski definition) is 4. The van der Waals surface area contributed by atoms with Crippen LogP contribution in [0.1, 0.15) is 53.6 Å². The van der Waals surface area contributed by atoms with Crippen LogP contribution in [0.4, 0.5) is 24.5 Å². The number of alkyl halides is 3. The zero-order valence-corrected chi connectivity index (χ0v) is 24.4. The van der Waals surface area contributed by atoms with E-state index in [0.29, 0.717) is 34.6 Å². The average Bonchev–Trinajstić information content (AvgIpc) is 3.30. The van der Waals surface area contributed by atoms with E-state index in [-0.39, 0.29) is 29.0 Å². The van der Waals surface area contributed by atoms with E-state index < -0.39 is 23.9 Å². The Morgan fingerprint density at radius 1 is 0.907 bits per heavy atom. The fourth-order valence-electron chi connectivity index (χ4n) is 4.38. The Bertz CT molecular complexity index is 1650. The SMILES string of the molecule is CCCn1c(C(=O)Nc2ccc(OC(F)(F)F)cc2)cc2cc(NC(=O)c3cc(CNC(=O)C(C)C)ccc3Cl)ccc21. The van der Waals surface area contributed by atoms with Gasteiger partial charge in [-0.15, -0.1) is 13.2 Å². The van der Waals surface area contributed by atoms with Crippen LogP contribution in [-0.4, -0.2) is 28.7 Å². The normalized spacial score (nSPS) is 11.4. The number of carbonyl (C=O) groups is 3. The summed E-state index contributed by atoms with van der Waals surface area (Å²) in [6, 6.07) is 16.7. The first-order valence-corrected chi connectivity index (χ1v) is 13.9. The number of aryl methyl sites for hydroxylation is 1. The lowest BCUT2D eigenvalue weighted by atomic mass is 10.1. The summed E-state index contributed by atoms with van der Waals surface area (Å²) in [5, 5.41) is 9.30. The Morgan fingerprint density at radius 3 is 2.23 bits per heavy atom. The van der Waals surface area contributed by atoms with Crippen molar-refractivity contribution in [2.45, 2.75) is 46.6 Å². The molecule has 0 aliphatic heterocycles. The van der Waals surface area contributed by atoms with Crippen LogP contribution < -0.4 is 20.7 Å². The van der Waals surface area contributed by atoms with Crippen LogP contribution in [0, 0.1) is 5.92 Å². The molecule has 3 amide bonds. The Kier molecular flexibility index (Phi) is 9.65. The number of fused-ring (bicyclic) bond motifs is 1. The number of benzene rings is 3. The summed E-state index contributed by atoms with van der Waals surface area (Å²) in [7, 11) is 0. The lowest BCUT2D eigenvalue weighted by Gasteiger charge is -2.12. The van der Waals surface area contributed by atoms with Gasteiger partial charge < -0.3 is 25.3 Å². The molecule has 4 rings (SSSR count). The smallest absolute Gasteiger partial charge is 0.406 e. The number of rotatable bonds is 10. The van der Waals surface area contributed by atoms with E-state index in [1.807, 2.05) is 11.5 Å². The molecular weight excluding hydrogens is 585 g/mol. The minimum absolute atomic E-state index is 0.106.